The molecule has 118 valence electrons. The van der Waals surface area contributed by atoms with E-state index in [9.17, 15) is 13.6 Å². The van der Waals surface area contributed by atoms with E-state index in [4.69, 9.17) is 5.11 Å². The standard InChI is InChI=1S/C14H21F2N3O2/c1-3-4-17-12-7-10(2)18-8-11(12)14(21)19(5-6-20)9-13(15)16/h7-8,13,20H,3-6,9H2,1-2H3,(H,17,18). The van der Waals surface area contributed by atoms with Gasteiger partial charge >= 0.3 is 0 Å². The number of hydrogen-bond acceptors (Lipinski definition) is 4. The van der Waals surface area contributed by atoms with E-state index >= 15 is 0 Å². The van der Waals surface area contributed by atoms with Crippen molar-refractivity contribution in [2.45, 2.75) is 26.7 Å². The van der Waals surface area contributed by atoms with Crippen LogP contribution in [0.25, 0.3) is 0 Å². The molecule has 1 amide bonds. The Kier molecular flexibility index (Phi) is 7.01. The summed E-state index contributed by atoms with van der Waals surface area (Å²) in [6.45, 7) is 3.23. The first-order chi connectivity index (χ1) is 9.99. The fourth-order valence-electron chi connectivity index (χ4n) is 1.87. The molecule has 0 fully saturated rings. The van der Waals surface area contributed by atoms with Gasteiger partial charge in [0.05, 0.1) is 24.4 Å². The average molecular weight is 301 g/mol. The molecule has 7 heteroatoms. The second-order valence-corrected chi connectivity index (χ2v) is 4.66. The number of aliphatic hydroxyl groups is 1. The van der Waals surface area contributed by atoms with Crippen molar-refractivity contribution in [3.8, 4) is 0 Å². The maximum atomic E-state index is 12.5. The van der Waals surface area contributed by atoms with Gasteiger partial charge in [-0.3, -0.25) is 9.78 Å². The molecule has 0 aliphatic rings. The molecule has 5 nitrogen and oxygen atoms in total. The lowest BCUT2D eigenvalue weighted by Gasteiger charge is -2.22. The van der Waals surface area contributed by atoms with Gasteiger partial charge in [-0.2, -0.15) is 0 Å². The molecule has 0 atom stereocenters. The van der Waals surface area contributed by atoms with Gasteiger partial charge in [0.1, 0.15) is 0 Å². The van der Waals surface area contributed by atoms with Gasteiger partial charge in [-0.15, -0.1) is 0 Å². The molecule has 0 aromatic carbocycles. The van der Waals surface area contributed by atoms with Crippen molar-refractivity contribution in [1.82, 2.24) is 9.88 Å². The molecule has 0 saturated carbocycles. The third-order valence-corrected chi connectivity index (χ3v) is 2.85. The van der Waals surface area contributed by atoms with Crippen molar-refractivity contribution in [3.63, 3.8) is 0 Å². The number of carbonyl (C=O) groups excluding carboxylic acids is 1. The highest BCUT2D eigenvalue weighted by Gasteiger charge is 2.22. The summed E-state index contributed by atoms with van der Waals surface area (Å²) in [7, 11) is 0. The van der Waals surface area contributed by atoms with E-state index in [2.05, 4.69) is 10.3 Å². The summed E-state index contributed by atoms with van der Waals surface area (Å²) in [5.41, 5.74) is 1.54. The van der Waals surface area contributed by atoms with Gasteiger partial charge in [-0.05, 0) is 19.4 Å². The number of carbonyl (C=O) groups is 1. The third kappa shape index (κ3) is 5.26. The van der Waals surface area contributed by atoms with Gasteiger partial charge < -0.3 is 15.3 Å². The lowest BCUT2D eigenvalue weighted by atomic mass is 10.1. The fraction of sp³-hybridized carbons (Fsp3) is 0.571. The molecule has 1 heterocycles. The number of amides is 1. The molecule has 0 aliphatic carbocycles. The van der Waals surface area contributed by atoms with Crippen molar-refractivity contribution in [2.24, 2.45) is 0 Å². The molecule has 1 aromatic heterocycles. The quantitative estimate of drug-likeness (QED) is 0.770. The molecule has 0 spiro atoms. The van der Waals surface area contributed by atoms with Crippen LogP contribution in [0.2, 0.25) is 0 Å². The maximum absolute atomic E-state index is 12.5. The zero-order valence-electron chi connectivity index (χ0n) is 12.3. The minimum Gasteiger partial charge on any atom is -0.395 e. The predicted molar refractivity (Wildman–Crippen MR) is 76.7 cm³/mol. The van der Waals surface area contributed by atoms with Crippen molar-refractivity contribution < 1.29 is 18.7 Å². The van der Waals surface area contributed by atoms with Gasteiger partial charge in [0.25, 0.3) is 12.3 Å². The molecule has 0 unspecified atom stereocenters. The van der Waals surface area contributed by atoms with E-state index in [0.29, 0.717) is 12.2 Å². The summed E-state index contributed by atoms with van der Waals surface area (Å²) in [4.78, 5) is 17.4. The minimum absolute atomic E-state index is 0.135. The van der Waals surface area contributed by atoms with Crippen molar-refractivity contribution in [3.05, 3.63) is 23.5 Å². The average Bonchev–Trinajstić information content (AvgIpc) is 2.43. The fourth-order valence-corrected chi connectivity index (χ4v) is 1.87. The van der Waals surface area contributed by atoms with Crippen molar-refractivity contribution >= 4 is 11.6 Å². The summed E-state index contributed by atoms with van der Waals surface area (Å²) >= 11 is 0. The zero-order valence-corrected chi connectivity index (χ0v) is 12.3. The second-order valence-electron chi connectivity index (χ2n) is 4.66. The molecule has 21 heavy (non-hydrogen) atoms. The molecule has 0 bridgehead atoms. The maximum Gasteiger partial charge on any atom is 0.257 e. The molecule has 0 radical (unpaired) electrons. The van der Waals surface area contributed by atoms with E-state index < -0.39 is 18.9 Å². The number of alkyl halides is 2. The van der Waals surface area contributed by atoms with Crippen LogP contribution in [-0.2, 0) is 0 Å². The Morgan fingerprint density at radius 1 is 1.52 bits per heavy atom. The molecular formula is C14H21F2N3O2. The van der Waals surface area contributed by atoms with Crippen LogP contribution in [0.3, 0.4) is 0 Å². The predicted octanol–water partition coefficient (Wildman–Crippen LogP) is 1.91. The number of halogens is 2. The molecule has 0 saturated heterocycles. The first kappa shape index (κ1) is 17.3. The van der Waals surface area contributed by atoms with Crippen molar-refractivity contribution in [2.75, 3.05) is 31.6 Å². The largest absolute Gasteiger partial charge is 0.395 e. The third-order valence-electron chi connectivity index (χ3n) is 2.85. The second kappa shape index (κ2) is 8.51. The molecule has 1 aromatic rings. The molecule has 0 aliphatic heterocycles. The number of nitrogens with one attached hydrogen (secondary N) is 1. The SMILES string of the molecule is CCCNc1cc(C)ncc1C(=O)N(CCO)CC(F)F. The van der Waals surface area contributed by atoms with Gasteiger partial charge in [0, 0.05) is 25.0 Å². The monoisotopic (exact) mass is 301 g/mol. The Morgan fingerprint density at radius 3 is 2.81 bits per heavy atom. The van der Waals surface area contributed by atoms with Crippen LogP contribution < -0.4 is 5.32 Å². The number of aliphatic hydroxyl groups excluding tert-OH is 1. The van der Waals surface area contributed by atoms with E-state index in [1.807, 2.05) is 6.92 Å². The normalized spacial score (nSPS) is 10.8. The lowest BCUT2D eigenvalue weighted by Crippen LogP contribution is -2.37. The molecule has 2 N–H and O–H groups in total. The Labute approximate surface area is 123 Å². The number of aromatic nitrogens is 1. The first-order valence-electron chi connectivity index (χ1n) is 6.88. The highest BCUT2D eigenvalue weighted by atomic mass is 19.3. The van der Waals surface area contributed by atoms with Crippen LogP contribution in [0, 0.1) is 6.92 Å². The zero-order chi connectivity index (χ0) is 15.8. The van der Waals surface area contributed by atoms with Crippen molar-refractivity contribution in [1.29, 1.82) is 0 Å². The topological polar surface area (TPSA) is 65.5 Å². The number of rotatable bonds is 8. The van der Waals surface area contributed by atoms with Crippen LogP contribution in [0.4, 0.5) is 14.5 Å². The first-order valence-corrected chi connectivity index (χ1v) is 6.88. The summed E-state index contributed by atoms with van der Waals surface area (Å²) in [6, 6.07) is 1.71. The number of pyridine rings is 1. The summed E-state index contributed by atoms with van der Waals surface area (Å²) in [6.07, 6.45) is -0.399. The number of anilines is 1. The summed E-state index contributed by atoms with van der Waals surface area (Å²) in [5, 5.41) is 12.0. The van der Waals surface area contributed by atoms with Gasteiger partial charge in [-0.25, -0.2) is 8.78 Å². The Balaban J connectivity index is 3.02. The number of aryl methyl sites for hydroxylation is 1. The lowest BCUT2D eigenvalue weighted by molar-refractivity contribution is 0.0509. The smallest absolute Gasteiger partial charge is 0.257 e. The molecule has 1 rings (SSSR count). The van der Waals surface area contributed by atoms with Crippen LogP contribution >= 0.6 is 0 Å². The Morgan fingerprint density at radius 2 is 2.24 bits per heavy atom. The number of hydrogen-bond donors (Lipinski definition) is 2. The van der Waals surface area contributed by atoms with E-state index in [1.165, 1.54) is 6.20 Å². The highest BCUT2D eigenvalue weighted by Crippen LogP contribution is 2.18. The van der Waals surface area contributed by atoms with Crippen LogP contribution in [0.1, 0.15) is 29.4 Å². The highest BCUT2D eigenvalue weighted by molar-refractivity contribution is 5.99. The number of nitrogens with zero attached hydrogens (tertiary/aromatic N) is 2. The summed E-state index contributed by atoms with van der Waals surface area (Å²) < 4.78 is 25.1. The van der Waals surface area contributed by atoms with Gasteiger partial charge in [0.2, 0.25) is 0 Å². The van der Waals surface area contributed by atoms with E-state index in [-0.39, 0.29) is 18.7 Å². The Hall–Kier alpha value is -1.76. The van der Waals surface area contributed by atoms with Crippen LogP contribution in [0.15, 0.2) is 12.3 Å². The molecular weight excluding hydrogens is 280 g/mol. The van der Waals surface area contributed by atoms with E-state index in [1.54, 1.807) is 13.0 Å². The van der Waals surface area contributed by atoms with Crippen LogP contribution in [0.5, 0.6) is 0 Å². The van der Waals surface area contributed by atoms with E-state index in [0.717, 1.165) is 17.0 Å². The Bertz CT molecular complexity index is 470. The minimum atomic E-state index is -2.65. The van der Waals surface area contributed by atoms with Crippen LogP contribution in [-0.4, -0.2) is 53.6 Å². The van der Waals surface area contributed by atoms with Gasteiger partial charge in [0.15, 0.2) is 0 Å². The summed E-state index contributed by atoms with van der Waals surface area (Å²) in [5.74, 6) is -0.560. The van der Waals surface area contributed by atoms with Gasteiger partial charge in [-0.1, -0.05) is 6.92 Å².